The van der Waals surface area contributed by atoms with Gasteiger partial charge in [-0.3, -0.25) is 9.78 Å². The maximum atomic E-state index is 13.2. The number of carbonyl (C=O) groups is 2. The SMILES string of the molecule is Cc1cccc(Cc2cnn(C(=O)NC3CCc4ccc(C#CC5(O)COC5)cc4N(C)C3=O)c2)n1. The van der Waals surface area contributed by atoms with E-state index in [1.54, 1.807) is 24.3 Å². The van der Waals surface area contributed by atoms with Crippen LogP contribution < -0.4 is 10.2 Å². The molecule has 3 aromatic rings. The first-order valence-electron chi connectivity index (χ1n) is 11.8. The lowest BCUT2D eigenvalue weighted by Crippen LogP contribution is -2.48. The summed E-state index contributed by atoms with van der Waals surface area (Å²) in [5, 5.41) is 17.1. The molecule has 2 N–H and O–H groups in total. The lowest BCUT2D eigenvalue weighted by molar-refractivity contribution is -0.140. The molecule has 2 amide bonds. The first-order valence-corrected chi connectivity index (χ1v) is 11.8. The van der Waals surface area contributed by atoms with Gasteiger partial charge in [-0.2, -0.15) is 9.78 Å². The number of amides is 2. The van der Waals surface area contributed by atoms with Gasteiger partial charge >= 0.3 is 6.03 Å². The van der Waals surface area contributed by atoms with Gasteiger partial charge in [0.1, 0.15) is 6.04 Å². The van der Waals surface area contributed by atoms with E-state index >= 15 is 0 Å². The molecule has 184 valence electrons. The number of carbonyl (C=O) groups excluding carboxylic acids is 2. The molecule has 0 aliphatic carbocycles. The van der Waals surface area contributed by atoms with E-state index in [0.29, 0.717) is 24.8 Å². The summed E-state index contributed by atoms with van der Waals surface area (Å²) in [5.74, 6) is 5.60. The number of fused-ring (bicyclic) bond motifs is 1. The number of aromatic nitrogens is 3. The molecule has 0 radical (unpaired) electrons. The molecular formula is C27H27N5O4. The van der Waals surface area contributed by atoms with Crippen molar-refractivity contribution in [3.8, 4) is 11.8 Å². The molecule has 2 aliphatic rings. The Morgan fingerprint density at radius 1 is 1.31 bits per heavy atom. The Bertz CT molecular complexity index is 1380. The summed E-state index contributed by atoms with van der Waals surface area (Å²) in [4.78, 5) is 32.1. The molecule has 36 heavy (non-hydrogen) atoms. The molecular weight excluding hydrogens is 458 g/mol. The van der Waals surface area contributed by atoms with Gasteiger partial charge in [0.25, 0.3) is 0 Å². The molecule has 2 aromatic heterocycles. The van der Waals surface area contributed by atoms with E-state index in [2.05, 4.69) is 27.2 Å². The smallest absolute Gasteiger partial charge is 0.342 e. The van der Waals surface area contributed by atoms with Gasteiger partial charge in [0, 0.05) is 42.3 Å². The summed E-state index contributed by atoms with van der Waals surface area (Å²) in [6.07, 6.45) is 4.93. The number of benzene rings is 1. The van der Waals surface area contributed by atoms with Gasteiger partial charge in [-0.1, -0.05) is 24.0 Å². The van der Waals surface area contributed by atoms with Crippen molar-refractivity contribution in [2.24, 2.45) is 0 Å². The van der Waals surface area contributed by atoms with Crippen LogP contribution in [0.5, 0.6) is 0 Å². The van der Waals surface area contributed by atoms with Gasteiger partial charge in [-0.05, 0) is 55.2 Å². The third kappa shape index (κ3) is 5.00. The molecule has 1 fully saturated rings. The molecule has 1 saturated heterocycles. The van der Waals surface area contributed by atoms with Crippen LogP contribution in [0.15, 0.2) is 48.8 Å². The van der Waals surface area contributed by atoms with Crippen molar-refractivity contribution in [1.29, 1.82) is 0 Å². The van der Waals surface area contributed by atoms with Crippen LogP contribution in [0.1, 0.15) is 34.5 Å². The fourth-order valence-corrected chi connectivity index (χ4v) is 4.32. The number of aliphatic hydroxyl groups is 1. The maximum Gasteiger partial charge on any atom is 0.342 e. The number of nitrogens with one attached hydrogen (secondary N) is 1. The highest BCUT2D eigenvalue weighted by Gasteiger charge is 2.34. The van der Waals surface area contributed by atoms with Crippen molar-refractivity contribution in [2.45, 2.75) is 37.8 Å². The molecule has 9 nitrogen and oxygen atoms in total. The predicted molar refractivity (Wildman–Crippen MR) is 133 cm³/mol. The van der Waals surface area contributed by atoms with Gasteiger partial charge in [0.05, 0.1) is 19.4 Å². The van der Waals surface area contributed by atoms with Crippen LogP contribution in [0.4, 0.5) is 10.5 Å². The Labute approximate surface area is 209 Å². The zero-order valence-corrected chi connectivity index (χ0v) is 20.2. The van der Waals surface area contributed by atoms with E-state index in [1.807, 2.05) is 43.3 Å². The minimum atomic E-state index is -1.10. The Hall–Kier alpha value is -4.00. The van der Waals surface area contributed by atoms with E-state index in [0.717, 1.165) is 28.2 Å². The molecule has 0 spiro atoms. The second-order valence-corrected chi connectivity index (χ2v) is 9.30. The van der Waals surface area contributed by atoms with Crippen molar-refractivity contribution in [3.63, 3.8) is 0 Å². The number of anilines is 1. The third-order valence-electron chi connectivity index (χ3n) is 6.37. The molecule has 0 saturated carbocycles. The second-order valence-electron chi connectivity index (χ2n) is 9.30. The van der Waals surface area contributed by atoms with Crippen molar-refractivity contribution in [1.82, 2.24) is 20.1 Å². The number of aryl methyl sites for hydroxylation is 2. The summed E-state index contributed by atoms with van der Waals surface area (Å²) < 4.78 is 6.24. The molecule has 2 aliphatic heterocycles. The lowest BCUT2D eigenvalue weighted by atomic mass is 10.0. The van der Waals surface area contributed by atoms with Gasteiger partial charge < -0.3 is 20.1 Å². The maximum absolute atomic E-state index is 13.2. The molecule has 1 unspecified atom stereocenters. The number of hydrogen-bond donors (Lipinski definition) is 2. The molecule has 0 bridgehead atoms. The van der Waals surface area contributed by atoms with Crippen LogP contribution in [0.3, 0.4) is 0 Å². The van der Waals surface area contributed by atoms with Crippen molar-refractivity contribution >= 4 is 17.6 Å². The van der Waals surface area contributed by atoms with Crippen molar-refractivity contribution in [3.05, 3.63) is 76.9 Å². The normalized spacial score (nSPS) is 18.4. The second kappa shape index (κ2) is 9.57. The van der Waals surface area contributed by atoms with Crippen molar-refractivity contribution < 1.29 is 19.4 Å². The summed E-state index contributed by atoms with van der Waals surface area (Å²) in [6, 6.07) is 10.3. The zero-order valence-electron chi connectivity index (χ0n) is 20.2. The quantitative estimate of drug-likeness (QED) is 0.548. The summed E-state index contributed by atoms with van der Waals surface area (Å²) in [6.45, 7) is 2.33. The van der Waals surface area contributed by atoms with Crippen LogP contribution in [-0.4, -0.2) is 63.7 Å². The summed E-state index contributed by atoms with van der Waals surface area (Å²) in [7, 11) is 1.69. The number of nitrogens with zero attached hydrogens (tertiary/aromatic N) is 4. The standard InChI is InChI=1S/C27H27N5O4/c1-18-4-3-5-22(29-18)12-20-14-28-32(15-20)26(34)30-23-9-8-21-7-6-19(10-11-27(35)16-36-17-27)13-24(21)31(2)25(23)33/h3-7,13-15,23,35H,8-9,12,16-17H2,1-2H3,(H,30,34). The first-order chi connectivity index (χ1) is 17.3. The Morgan fingerprint density at radius 3 is 2.89 bits per heavy atom. The summed E-state index contributed by atoms with van der Waals surface area (Å²) in [5.41, 5.74) is 4.01. The number of hydrogen-bond acceptors (Lipinski definition) is 6. The highest BCUT2D eigenvalue weighted by atomic mass is 16.5. The third-order valence-corrected chi connectivity index (χ3v) is 6.37. The topological polar surface area (TPSA) is 110 Å². The van der Waals surface area contributed by atoms with Crippen molar-refractivity contribution in [2.75, 3.05) is 25.2 Å². The van der Waals surface area contributed by atoms with Gasteiger partial charge in [-0.15, -0.1) is 0 Å². The van der Waals surface area contributed by atoms with Gasteiger partial charge in [0.15, 0.2) is 5.60 Å². The molecule has 5 rings (SSSR count). The van der Waals surface area contributed by atoms with Gasteiger partial charge in [0.2, 0.25) is 5.91 Å². The van der Waals surface area contributed by atoms with Crippen LogP contribution in [0.25, 0.3) is 0 Å². The van der Waals surface area contributed by atoms with Crippen LogP contribution in [-0.2, 0) is 22.4 Å². The van der Waals surface area contributed by atoms with Crippen LogP contribution >= 0.6 is 0 Å². The highest BCUT2D eigenvalue weighted by molar-refractivity contribution is 6.00. The highest BCUT2D eigenvalue weighted by Crippen LogP contribution is 2.27. The summed E-state index contributed by atoms with van der Waals surface area (Å²) >= 11 is 0. The largest absolute Gasteiger partial charge is 0.373 e. The average molecular weight is 486 g/mol. The average Bonchev–Trinajstić information content (AvgIpc) is 3.28. The van der Waals surface area contributed by atoms with Gasteiger partial charge in [-0.25, -0.2) is 4.79 Å². The minimum absolute atomic E-state index is 0.200. The Morgan fingerprint density at radius 2 is 2.14 bits per heavy atom. The molecule has 1 atom stereocenters. The number of likely N-dealkylation sites (N-methyl/N-ethyl adjacent to an activating group) is 1. The number of pyridine rings is 1. The van der Waals surface area contributed by atoms with E-state index < -0.39 is 17.7 Å². The molecule has 9 heteroatoms. The zero-order chi connectivity index (χ0) is 25.3. The lowest BCUT2D eigenvalue weighted by Gasteiger charge is -2.30. The van der Waals surface area contributed by atoms with E-state index in [9.17, 15) is 14.7 Å². The first kappa shape index (κ1) is 23.7. The van der Waals surface area contributed by atoms with E-state index in [1.165, 1.54) is 4.68 Å². The molecule has 4 heterocycles. The van der Waals surface area contributed by atoms with E-state index in [-0.39, 0.29) is 19.1 Å². The number of ether oxygens (including phenoxy) is 1. The Balaban J connectivity index is 1.26. The monoisotopic (exact) mass is 485 g/mol. The van der Waals surface area contributed by atoms with Crippen LogP contribution in [0, 0.1) is 18.8 Å². The van der Waals surface area contributed by atoms with E-state index in [4.69, 9.17) is 4.74 Å². The predicted octanol–water partition coefficient (Wildman–Crippen LogP) is 1.83. The minimum Gasteiger partial charge on any atom is -0.373 e. The number of rotatable bonds is 3. The molecule has 1 aromatic carbocycles. The fourth-order valence-electron chi connectivity index (χ4n) is 4.32. The Kier molecular flexibility index (Phi) is 6.31. The fraction of sp³-hybridized carbons (Fsp3) is 0.333. The van der Waals surface area contributed by atoms with Crippen LogP contribution in [0.2, 0.25) is 0 Å².